The molecule has 156 valence electrons. The van der Waals surface area contributed by atoms with E-state index in [1.807, 2.05) is 0 Å². The first kappa shape index (κ1) is 21.4. The fourth-order valence-electron chi connectivity index (χ4n) is 3.06. The standard InChI is InChI=1S/C22H21NO6S/c1-27-17-11-9-15(19(28-2)20(17)29-3)8-10-16(24)14-6-4-13(5-7-14)12-18-21(25)23-22(26)30-18/h4-11,18H,12H2,1-3H3,(H,23,25,26). The molecule has 7 nitrogen and oxygen atoms in total. The summed E-state index contributed by atoms with van der Waals surface area (Å²) in [5, 5.41) is 1.51. The van der Waals surface area contributed by atoms with Gasteiger partial charge in [-0.2, -0.15) is 0 Å². The van der Waals surface area contributed by atoms with Crippen molar-refractivity contribution in [2.75, 3.05) is 21.3 Å². The maximum absolute atomic E-state index is 12.5. The Bertz CT molecular complexity index is 999. The number of imide groups is 1. The average Bonchev–Trinajstić information content (AvgIpc) is 3.07. The van der Waals surface area contributed by atoms with Gasteiger partial charge in [-0.05, 0) is 36.3 Å². The van der Waals surface area contributed by atoms with E-state index in [9.17, 15) is 14.4 Å². The van der Waals surface area contributed by atoms with E-state index in [0.29, 0.717) is 34.8 Å². The van der Waals surface area contributed by atoms with Crippen molar-refractivity contribution in [2.24, 2.45) is 0 Å². The van der Waals surface area contributed by atoms with Crippen LogP contribution >= 0.6 is 11.8 Å². The van der Waals surface area contributed by atoms with Crippen LogP contribution in [0.3, 0.4) is 0 Å². The molecule has 0 aliphatic carbocycles. The summed E-state index contributed by atoms with van der Waals surface area (Å²) in [6, 6.07) is 10.5. The number of carbonyl (C=O) groups excluding carboxylic acids is 3. The molecule has 1 aliphatic heterocycles. The number of hydrogen-bond acceptors (Lipinski definition) is 7. The highest BCUT2D eigenvalue weighted by Crippen LogP contribution is 2.40. The lowest BCUT2D eigenvalue weighted by Crippen LogP contribution is -2.25. The van der Waals surface area contributed by atoms with Gasteiger partial charge in [0.2, 0.25) is 11.7 Å². The van der Waals surface area contributed by atoms with Crippen molar-refractivity contribution in [3.05, 3.63) is 59.2 Å². The second kappa shape index (κ2) is 9.49. The highest BCUT2D eigenvalue weighted by atomic mass is 32.2. The van der Waals surface area contributed by atoms with Gasteiger partial charge in [-0.1, -0.05) is 36.0 Å². The number of thioether (sulfide) groups is 1. The summed E-state index contributed by atoms with van der Waals surface area (Å²) in [6.07, 6.45) is 3.54. The molecule has 2 aromatic carbocycles. The summed E-state index contributed by atoms with van der Waals surface area (Å²) in [5.41, 5.74) is 2.06. The van der Waals surface area contributed by atoms with Crippen LogP contribution in [0.1, 0.15) is 21.5 Å². The van der Waals surface area contributed by atoms with E-state index >= 15 is 0 Å². The molecule has 8 heteroatoms. The SMILES string of the molecule is COc1ccc(C=CC(=O)c2ccc(CC3SC(=O)NC3=O)cc2)c(OC)c1OC. The molecule has 0 saturated carbocycles. The molecular weight excluding hydrogens is 406 g/mol. The van der Waals surface area contributed by atoms with Gasteiger partial charge in [0.1, 0.15) is 0 Å². The molecule has 1 N–H and O–H groups in total. The van der Waals surface area contributed by atoms with Gasteiger partial charge in [0.15, 0.2) is 17.3 Å². The number of carbonyl (C=O) groups is 3. The lowest BCUT2D eigenvalue weighted by Gasteiger charge is -2.13. The van der Waals surface area contributed by atoms with E-state index in [-0.39, 0.29) is 16.9 Å². The maximum Gasteiger partial charge on any atom is 0.286 e. The second-order valence-corrected chi connectivity index (χ2v) is 7.58. The third kappa shape index (κ3) is 4.65. The molecule has 1 fully saturated rings. The molecule has 0 bridgehead atoms. The van der Waals surface area contributed by atoms with E-state index < -0.39 is 5.25 Å². The Kier molecular flexibility index (Phi) is 6.79. The Labute approximate surface area is 178 Å². The molecule has 2 aromatic rings. The van der Waals surface area contributed by atoms with Gasteiger partial charge < -0.3 is 14.2 Å². The molecule has 3 rings (SSSR count). The third-order valence-electron chi connectivity index (χ3n) is 4.58. The Morgan fingerprint density at radius 2 is 1.70 bits per heavy atom. The third-order valence-corrected chi connectivity index (χ3v) is 5.56. The minimum atomic E-state index is -0.434. The normalized spacial score (nSPS) is 15.9. The number of ketones is 1. The highest BCUT2D eigenvalue weighted by Gasteiger charge is 2.31. The van der Waals surface area contributed by atoms with Crippen LogP contribution in [0.5, 0.6) is 17.2 Å². The number of nitrogens with one attached hydrogen (secondary N) is 1. The zero-order valence-corrected chi connectivity index (χ0v) is 17.6. The number of allylic oxidation sites excluding steroid dienone is 1. The topological polar surface area (TPSA) is 90.9 Å². The van der Waals surface area contributed by atoms with Crippen LogP contribution in [-0.2, 0) is 11.2 Å². The number of hydrogen-bond donors (Lipinski definition) is 1. The predicted molar refractivity (Wildman–Crippen MR) is 115 cm³/mol. The monoisotopic (exact) mass is 427 g/mol. The largest absolute Gasteiger partial charge is 0.493 e. The number of methoxy groups -OCH3 is 3. The minimum Gasteiger partial charge on any atom is -0.493 e. The quantitative estimate of drug-likeness (QED) is 0.509. The van der Waals surface area contributed by atoms with Gasteiger partial charge in [0.25, 0.3) is 5.24 Å². The fraction of sp³-hybridized carbons (Fsp3) is 0.227. The molecule has 0 aromatic heterocycles. The highest BCUT2D eigenvalue weighted by molar-refractivity contribution is 8.15. The smallest absolute Gasteiger partial charge is 0.286 e. The summed E-state index contributed by atoms with van der Waals surface area (Å²) in [7, 11) is 4.57. The van der Waals surface area contributed by atoms with Gasteiger partial charge in [-0.25, -0.2) is 0 Å². The van der Waals surface area contributed by atoms with Crippen molar-refractivity contribution in [3.63, 3.8) is 0 Å². The predicted octanol–water partition coefficient (Wildman–Crippen LogP) is 3.50. The average molecular weight is 427 g/mol. The zero-order chi connectivity index (χ0) is 21.7. The molecular formula is C22H21NO6S. The van der Waals surface area contributed by atoms with Crippen molar-refractivity contribution in [2.45, 2.75) is 11.7 Å². The van der Waals surface area contributed by atoms with E-state index in [1.54, 1.807) is 42.5 Å². The van der Waals surface area contributed by atoms with Crippen molar-refractivity contribution in [1.82, 2.24) is 5.32 Å². The van der Waals surface area contributed by atoms with Crippen LogP contribution < -0.4 is 19.5 Å². The Balaban J connectivity index is 1.72. The number of amides is 2. The van der Waals surface area contributed by atoms with Crippen LogP contribution in [0, 0.1) is 0 Å². The maximum atomic E-state index is 12.5. The molecule has 0 spiro atoms. The van der Waals surface area contributed by atoms with Crippen LogP contribution in [0.25, 0.3) is 6.08 Å². The summed E-state index contributed by atoms with van der Waals surface area (Å²) in [6.45, 7) is 0. The molecule has 1 aliphatic rings. The van der Waals surface area contributed by atoms with Crippen LogP contribution in [0.2, 0.25) is 0 Å². The van der Waals surface area contributed by atoms with E-state index in [4.69, 9.17) is 14.2 Å². The summed E-state index contributed by atoms with van der Waals surface area (Å²) < 4.78 is 16.0. The van der Waals surface area contributed by atoms with Crippen molar-refractivity contribution >= 4 is 34.8 Å². The van der Waals surface area contributed by atoms with Gasteiger partial charge in [0, 0.05) is 11.1 Å². The molecule has 1 saturated heterocycles. The first-order valence-corrected chi connectivity index (χ1v) is 9.96. The number of rotatable bonds is 8. The molecule has 1 unspecified atom stereocenters. The summed E-state index contributed by atoms with van der Waals surface area (Å²) in [4.78, 5) is 35.5. The van der Waals surface area contributed by atoms with Crippen LogP contribution in [0.15, 0.2) is 42.5 Å². The van der Waals surface area contributed by atoms with Crippen molar-refractivity contribution < 1.29 is 28.6 Å². The van der Waals surface area contributed by atoms with Crippen LogP contribution in [-0.4, -0.2) is 43.5 Å². The molecule has 30 heavy (non-hydrogen) atoms. The molecule has 2 amide bonds. The Hall–Kier alpha value is -3.26. The second-order valence-electron chi connectivity index (χ2n) is 6.41. The van der Waals surface area contributed by atoms with Gasteiger partial charge >= 0.3 is 0 Å². The van der Waals surface area contributed by atoms with Crippen LogP contribution in [0.4, 0.5) is 4.79 Å². The summed E-state index contributed by atoms with van der Waals surface area (Å²) in [5.74, 6) is 0.993. The van der Waals surface area contributed by atoms with Gasteiger partial charge in [0.05, 0.1) is 26.6 Å². The fourth-order valence-corrected chi connectivity index (χ4v) is 3.92. The Morgan fingerprint density at radius 1 is 1.00 bits per heavy atom. The van der Waals surface area contributed by atoms with Crippen molar-refractivity contribution in [3.8, 4) is 17.2 Å². The molecule has 1 heterocycles. The van der Waals surface area contributed by atoms with Gasteiger partial charge in [-0.15, -0.1) is 0 Å². The lowest BCUT2D eigenvalue weighted by molar-refractivity contribution is -0.118. The zero-order valence-electron chi connectivity index (χ0n) is 16.8. The molecule has 0 radical (unpaired) electrons. The van der Waals surface area contributed by atoms with Gasteiger partial charge in [-0.3, -0.25) is 19.7 Å². The lowest BCUT2D eigenvalue weighted by atomic mass is 10.0. The summed E-state index contributed by atoms with van der Waals surface area (Å²) >= 11 is 0.985. The number of ether oxygens (including phenoxy) is 3. The van der Waals surface area contributed by atoms with Crippen molar-refractivity contribution in [1.29, 1.82) is 0 Å². The minimum absolute atomic E-state index is 0.179. The van der Waals surface area contributed by atoms with E-state index in [1.165, 1.54) is 27.4 Å². The van der Waals surface area contributed by atoms with E-state index in [0.717, 1.165) is 17.3 Å². The first-order chi connectivity index (χ1) is 14.5. The van der Waals surface area contributed by atoms with E-state index in [2.05, 4.69) is 5.32 Å². The first-order valence-electron chi connectivity index (χ1n) is 9.08. The number of benzene rings is 2. The molecule has 1 atom stereocenters. The Morgan fingerprint density at radius 3 is 2.27 bits per heavy atom.